The van der Waals surface area contributed by atoms with Gasteiger partial charge >= 0.3 is 0 Å². The lowest BCUT2D eigenvalue weighted by Gasteiger charge is -2.23. The van der Waals surface area contributed by atoms with Crippen LogP contribution in [-0.2, 0) is 6.42 Å². The molecule has 1 aliphatic carbocycles. The summed E-state index contributed by atoms with van der Waals surface area (Å²) < 4.78 is 0. The van der Waals surface area contributed by atoms with E-state index >= 15 is 0 Å². The molecule has 3 N–H and O–H groups in total. The van der Waals surface area contributed by atoms with Gasteiger partial charge in [0.1, 0.15) is 18.0 Å². The number of nitrogens with one attached hydrogen (secondary N) is 3. The Morgan fingerprint density at radius 3 is 2.80 bits per heavy atom. The Morgan fingerprint density at radius 1 is 1.04 bits per heavy atom. The van der Waals surface area contributed by atoms with E-state index in [0.29, 0.717) is 6.04 Å². The molecule has 0 unspecified atom stereocenters. The van der Waals surface area contributed by atoms with Gasteiger partial charge in [-0.25, -0.2) is 9.97 Å². The van der Waals surface area contributed by atoms with Crippen LogP contribution in [0, 0.1) is 0 Å². The minimum atomic E-state index is 0.558. The Morgan fingerprint density at radius 2 is 1.88 bits per heavy atom. The molecule has 25 heavy (non-hydrogen) atoms. The fourth-order valence-electron chi connectivity index (χ4n) is 3.65. The molecule has 1 fully saturated rings. The molecule has 4 rings (SSSR count). The first kappa shape index (κ1) is 15.9. The molecule has 1 aliphatic rings. The second-order valence-electron chi connectivity index (χ2n) is 6.80. The van der Waals surface area contributed by atoms with Gasteiger partial charge in [-0.1, -0.05) is 37.5 Å². The fraction of sp³-hybridized carbons (Fsp3) is 0.400. The lowest BCUT2D eigenvalue weighted by atomic mass is 9.95. The molecule has 0 atom stereocenters. The van der Waals surface area contributed by atoms with E-state index in [0.717, 1.165) is 24.6 Å². The molecule has 0 amide bonds. The quantitative estimate of drug-likeness (QED) is 0.626. The Labute approximate surface area is 148 Å². The van der Waals surface area contributed by atoms with E-state index in [2.05, 4.69) is 56.0 Å². The summed E-state index contributed by atoms with van der Waals surface area (Å²) in [7, 11) is 0. The number of para-hydroxylation sites is 1. The van der Waals surface area contributed by atoms with Gasteiger partial charge in [0.25, 0.3) is 0 Å². The molecule has 0 saturated heterocycles. The summed E-state index contributed by atoms with van der Waals surface area (Å²) in [6.07, 6.45) is 11.2. The van der Waals surface area contributed by atoms with Crippen LogP contribution in [0.5, 0.6) is 0 Å². The van der Waals surface area contributed by atoms with Gasteiger partial charge in [0, 0.05) is 35.8 Å². The van der Waals surface area contributed by atoms with Gasteiger partial charge in [-0.05, 0) is 30.9 Å². The van der Waals surface area contributed by atoms with Gasteiger partial charge in [-0.3, -0.25) is 0 Å². The van der Waals surface area contributed by atoms with Crippen molar-refractivity contribution in [1.82, 2.24) is 15.0 Å². The number of fused-ring (bicyclic) bond motifs is 1. The first-order chi connectivity index (χ1) is 12.4. The van der Waals surface area contributed by atoms with Gasteiger partial charge in [0.05, 0.1) is 0 Å². The molecule has 130 valence electrons. The number of nitrogens with zero attached hydrogens (tertiary/aromatic N) is 2. The summed E-state index contributed by atoms with van der Waals surface area (Å²) in [5, 5.41) is 8.27. The Balaban J connectivity index is 1.34. The van der Waals surface area contributed by atoms with E-state index in [1.807, 2.05) is 6.07 Å². The molecule has 0 bridgehead atoms. The molecule has 2 heterocycles. The minimum absolute atomic E-state index is 0.558. The lowest BCUT2D eigenvalue weighted by Crippen LogP contribution is -2.23. The van der Waals surface area contributed by atoms with E-state index < -0.39 is 0 Å². The van der Waals surface area contributed by atoms with Crippen molar-refractivity contribution >= 4 is 22.5 Å². The SMILES string of the molecule is c1ccc2c(CCNc3cc(NC4CCCCC4)ncn3)c[nH]c2c1. The Bertz CT molecular complexity index is 820. The predicted molar refractivity (Wildman–Crippen MR) is 103 cm³/mol. The highest BCUT2D eigenvalue weighted by atomic mass is 15.1. The average molecular weight is 335 g/mol. The second-order valence-corrected chi connectivity index (χ2v) is 6.80. The van der Waals surface area contributed by atoms with Crippen molar-refractivity contribution in [2.75, 3.05) is 17.2 Å². The molecule has 0 spiro atoms. The third kappa shape index (κ3) is 3.92. The standard InChI is InChI=1S/C20H25N5/c1-2-6-16(7-3-1)25-20-12-19(23-14-24-20)21-11-10-15-13-22-18-9-5-4-8-17(15)18/h4-5,8-9,12-14,16,22H,1-3,6-7,10-11H2,(H2,21,23,24,25). The normalized spacial score (nSPS) is 15.4. The monoisotopic (exact) mass is 335 g/mol. The molecule has 3 aromatic rings. The van der Waals surface area contributed by atoms with E-state index in [9.17, 15) is 0 Å². The van der Waals surface area contributed by atoms with Crippen molar-refractivity contribution in [3.8, 4) is 0 Å². The highest BCUT2D eigenvalue weighted by Gasteiger charge is 2.13. The number of rotatable bonds is 6. The van der Waals surface area contributed by atoms with Crippen molar-refractivity contribution < 1.29 is 0 Å². The molecule has 1 saturated carbocycles. The number of hydrogen-bond donors (Lipinski definition) is 3. The first-order valence-electron chi connectivity index (χ1n) is 9.26. The van der Waals surface area contributed by atoms with Gasteiger partial charge in [0.15, 0.2) is 0 Å². The first-order valence-corrected chi connectivity index (χ1v) is 9.26. The predicted octanol–water partition coefficient (Wildman–Crippen LogP) is 4.36. The van der Waals surface area contributed by atoms with Crippen LogP contribution in [0.1, 0.15) is 37.7 Å². The highest BCUT2D eigenvalue weighted by molar-refractivity contribution is 5.83. The van der Waals surface area contributed by atoms with Crippen molar-refractivity contribution in [2.45, 2.75) is 44.6 Å². The topological polar surface area (TPSA) is 65.6 Å². The van der Waals surface area contributed by atoms with Crippen molar-refractivity contribution in [1.29, 1.82) is 0 Å². The van der Waals surface area contributed by atoms with E-state index in [1.165, 1.54) is 48.6 Å². The van der Waals surface area contributed by atoms with E-state index in [4.69, 9.17) is 0 Å². The highest BCUT2D eigenvalue weighted by Crippen LogP contribution is 2.22. The van der Waals surface area contributed by atoms with Crippen LogP contribution in [0.15, 0.2) is 42.9 Å². The maximum absolute atomic E-state index is 4.37. The van der Waals surface area contributed by atoms with Crippen molar-refractivity contribution in [3.05, 3.63) is 48.4 Å². The van der Waals surface area contributed by atoms with Crippen LogP contribution in [-0.4, -0.2) is 27.5 Å². The molecule has 5 nitrogen and oxygen atoms in total. The van der Waals surface area contributed by atoms with Crippen LogP contribution in [0.4, 0.5) is 11.6 Å². The summed E-state index contributed by atoms with van der Waals surface area (Å²) in [5.74, 6) is 1.81. The molecule has 2 aromatic heterocycles. The van der Waals surface area contributed by atoms with E-state index in [-0.39, 0.29) is 0 Å². The zero-order chi connectivity index (χ0) is 16.9. The summed E-state index contributed by atoms with van der Waals surface area (Å²) in [6, 6.07) is 11.0. The van der Waals surface area contributed by atoms with Crippen molar-refractivity contribution in [3.63, 3.8) is 0 Å². The van der Waals surface area contributed by atoms with Crippen LogP contribution in [0.3, 0.4) is 0 Å². The van der Waals surface area contributed by atoms with E-state index in [1.54, 1.807) is 6.33 Å². The largest absolute Gasteiger partial charge is 0.370 e. The van der Waals surface area contributed by atoms with Crippen LogP contribution in [0.25, 0.3) is 10.9 Å². The minimum Gasteiger partial charge on any atom is -0.370 e. The number of aromatic amines is 1. The molecule has 0 aliphatic heterocycles. The van der Waals surface area contributed by atoms with Gasteiger partial charge in [0.2, 0.25) is 0 Å². The molecule has 0 radical (unpaired) electrons. The molecule has 5 heteroatoms. The zero-order valence-electron chi connectivity index (χ0n) is 14.5. The summed E-state index contributed by atoms with van der Waals surface area (Å²) in [5.41, 5.74) is 2.52. The lowest BCUT2D eigenvalue weighted by molar-refractivity contribution is 0.462. The smallest absolute Gasteiger partial charge is 0.131 e. The Hall–Kier alpha value is -2.56. The number of anilines is 2. The maximum Gasteiger partial charge on any atom is 0.131 e. The Kier molecular flexibility index (Phi) is 4.81. The number of H-pyrrole nitrogens is 1. The van der Waals surface area contributed by atoms with Gasteiger partial charge in [-0.2, -0.15) is 0 Å². The summed E-state index contributed by atoms with van der Waals surface area (Å²) in [4.78, 5) is 12.0. The molecular weight excluding hydrogens is 310 g/mol. The number of aromatic nitrogens is 3. The zero-order valence-corrected chi connectivity index (χ0v) is 14.5. The fourth-order valence-corrected chi connectivity index (χ4v) is 3.65. The van der Waals surface area contributed by atoms with Gasteiger partial charge < -0.3 is 15.6 Å². The summed E-state index contributed by atoms with van der Waals surface area (Å²) >= 11 is 0. The molecular formula is C20H25N5. The third-order valence-corrected chi connectivity index (χ3v) is 5.00. The van der Waals surface area contributed by atoms with Crippen LogP contribution >= 0.6 is 0 Å². The maximum atomic E-state index is 4.37. The molecule has 1 aromatic carbocycles. The second kappa shape index (κ2) is 7.55. The number of hydrogen-bond acceptors (Lipinski definition) is 4. The van der Waals surface area contributed by atoms with Crippen LogP contribution < -0.4 is 10.6 Å². The average Bonchev–Trinajstić information content (AvgIpc) is 3.06. The number of benzene rings is 1. The summed E-state index contributed by atoms with van der Waals surface area (Å²) in [6.45, 7) is 0.849. The van der Waals surface area contributed by atoms with Crippen molar-refractivity contribution in [2.24, 2.45) is 0 Å². The van der Waals surface area contributed by atoms with Gasteiger partial charge in [-0.15, -0.1) is 0 Å². The van der Waals surface area contributed by atoms with Crippen LogP contribution in [0.2, 0.25) is 0 Å². The third-order valence-electron chi connectivity index (χ3n) is 5.00.